The maximum Gasteiger partial charge on any atom is 0.262 e. The van der Waals surface area contributed by atoms with Gasteiger partial charge in [0.2, 0.25) is 5.91 Å². The number of carbonyl (C=O) groups excluding carboxylic acids is 3. The summed E-state index contributed by atoms with van der Waals surface area (Å²) in [7, 11) is 3.01. The third-order valence-electron chi connectivity index (χ3n) is 5.70. The van der Waals surface area contributed by atoms with Crippen molar-refractivity contribution in [2.24, 2.45) is 0 Å². The number of likely N-dealkylation sites (tertiary alicyclic amines) is 1. The van der Waals surface area contributed by atoms with Gasteiger partial charge in [0, 0.05) is 31.1 Å². The second-order valence-electron chi connectivity index (χ2n) is 8.31. The first-order valence-electron chi connectivity index (χ1n) is 11.8. The minimum Gasteiger partial charge on any atom is -0.495 e. The molecule has 2 aromatic carbocycles. The molecule has 1 fully saturated rings. The lowest BCUT2D eigenvalue weighted by Gasteiger charge is -2.33. The molecular formula is C26H33N3O6. The predicted molar refractivity (Wildman–Crippen MR) is 132 cm³/mol. The summed E-state index contributed by atoms with van der Waals surface area (Å²) >= 11 is 0. The summed E-state index contributed by atoms with van der Waals surface area (Å²) in [6.07, 6.45) is 2.95. The molecule has 3 amide bonds. The van der Waals surface area contributed by atoms with Crippen LogP contribution in [-0.2, 0) is 9.59 Å². The molecule has 0 bridgehead atoms. The fraction of sp³-hybridized carbons (Fsp3) is 0.423. The van der Waals surface area contributed by atoms with Gasteiger partial charge in [0.05, 0.1) is 19.9 Å². The average Bonchev–Trinajstić information content (AvgIpc) is 2.87. The fourth-order valence-electron chi connectivity index (χ4n) is 3.99. The van der Waals surface area contributed by atoms with Crippen LogP contribution in [0.4, 0.5) is 5.69 Å². The van der Waals surface area contributed by atoms with E-state index in [1.165, 1.54) is 14.2 Å². The summed E-state index contributed by atoms with van der Waals surface area (Å²) in [6.45, 7) is 2.82. The quantitative estimate of drug-likeness (QED) is 0.537. The number of para-hydroxylation sites is 2. The number of rotatable bonds is 10. The molecule has 1 aliphatic heterocycles. The molecule has 1 heterocycles. The van der Waals surface area contributed by atoms with E-state index in [4.69, 9.17) is 14.2 Å². The van der Waals surface area contributed by atoms with Crippen LogP contribution in [0.5, 0.6) is 17.2 Å². The Balaban J connectivity index is 1.60. The molecule has 3 rings (SSSR count). The van der Waals surface area contributed by atoms with Gasteiger partial charge in [-0.2, -0.15) is 0 Å². The highest BCUT2D eigenvalue weighted by Gasteiger charge is 2.26. The van der Waals surface area contributed by atoms with E-state index in [1.54, 1.807) is 41.3 Å². The smallest absolute Gasteiger partial charge is 0.262 e. The minimum absolute atomic E-state index is 0.0183. The van der Waals surface area contributed by atoms with E-state index in [9.17, 15) is 14.4 Å². The second-order valence-corrected chi connectivity index (χ2v) is 8.31. The van der Waals surface area contributed by atoms with Crippen molar-refractivity contribution < 1.29 is 28.6 Å². The summed E-state index contributed by atoms with van der Waals surface area (Å²) in [5.74, 6) is 0.767. The number of nitrogens with zero attached hydrogens (tertiary/aromatic N) is 1. The molecule has 35 heavy (non-hydrogen) atoms. The standard InChI is InChI=1S/C26H33N3O6/c1-4-8-24(30)27-19-9-7-14-29(16-19)26(32)18-12-13-22(23(15-18)34-3)35-17-25(31)28-20-10-5-6-11-21(20)33-2/h5-6,10-13,15,19H,4,7-9,14,16-17H2,1-3H3,(H,27,30)(H,28,31). The minimum atomic E-state index is -0.360. The van der Waals surface area contributed by atoms with E-state index < -0.39 is 0 Å². The van der Waals surface area contributed by atoms with E-state index in [0.717, 1.165) is 19.3 Å². The largest absolute Gasteiger partial charge is 0.495 e. The number of nitrogens with one attached hydrogen (secondary N) is 2. The highest BCUT2D eigenvalue weighted by Crippen LogP contribution is 2.29. The Kier molecular flexibility index (Phi) is 9.34. The first-order valence-corrected chi connectivity index (χ1v) is 11.8. The number of benzene rings is 2. The van der Waals surface area contributed by atoms with Gasteiger partial charge in [-0.1, -0.05) is 19.1 Å². The van der Waals surface area contributed by atoms with Gasteiger partial charge in [0.15, 0.2) is 18.1 Å². The Morgan fingerprint density at radius 2 is 1.77 bits per heavy atom. The van der Waals surface area contributed by atoms with Gasteiger partial charge in [-0.25, -0.2) is 0 Å². The molecule has 2 aromatic rings. The highest BCUT2D eigenvalue weighted by atomic mass is 16.5. The van der Waals surface area contributed by atoms with Gasteiger partial charge in [0.25, 0.3) is 11.8 Å². The predicted octanol–water partition coefficient (Wildman–Crippen LogP) is 3.24. The lowest BCUT2D eigenvalue weighted by atomic mass is 10.0. The van der Waals surface area contributed by atoms with Crippen LogP contribution in [0.15, 0.2) is 42.5 Å². The van der Waals surface area contributed by atoms with E-state index >= 15 is 0 Å². The number of piperidine rings is 1. The number of amides is 3. The second kappa shape index (κ2) is 12.6. The lowest BCUT2D eigenvalue weighted by molar-refractivity contribution is -0.122. The van der Waals surface area contributed by atoms with Crippen LogP contribution in [0.1, 0.15) is 43.0 Å². The van der Waals surface area contributed by atoms with Crippen LogP contribution >= 0.6 is 0 Å². The number of ether oxygens (including phenoxy) is 3. The van der Waals surface area contributed by atoms with E-state index in [1.807, 2.05) is 13.0 Å². The van der Waals surface area contributed by atoms with Crippen molar-refractivity contribution in [3.8, 4) is 17.2 Å². The summed E-state index contributed by atoms with van der Waals surface area (Å²) in [5.41, 5.74) is 0.996. The topological polar surface area (TPSA) is 106 Å². The van der Waals surface area contributed by atoms with Gasteiger partial charge in [-0.05, 0) is 49.6 Å². The van der Waals surface area contributed by atoms with Gasteiger partial charge in [0.1, 0.15) is 5.75 Å². The SMILES string of the molecule is CCCC(=O)NC1CCCN(C(=O)c2ccc(OCC(=O)Nc3ccccc3OC)c(OC)c2)C1. The maximum absolute atomic E-state index is 13.1. The van der Waals surface area contributed by atoms with Crippen LogP contribution < -0.4 is 24.8 Å². The normalized spacial score (nSPS) is 15.2. The van der Waals surface area contributed by atoms with Crippen LogP contribution in [0.25, 0.3) is 0 Å². The first-order chi connectivity index (χ1) is 16.9. The zero-order valence-corrected chi connectivity index (χ0v) is 20.5. The summed E-state index contributed by atoms with van der Waals surface area (Å²) in [5, 5.41) is 5.76. The molecular weight excluding hydrogens is 450 g/mol. The van der Waals surface area contributed by atoms with Crippen LogP contribution in [0.2, 0.25) is 0 Å². The van der Waals surface area contributed by atoms with Crippen LogP contribution in [0.3, 0.4) is 0 Å². The zero-order valence-electron chi connectivity index (χ0n) is 20.5. The van der Waals surface area contributed by atoms with Gasteiger partial charge in [-0.15, -0.1) is 0 Å². The van der Waals surface area contributed by atoms with Gasteiger partial charge in [-0.3, -0.25) is 14.4 Å². The van der Waals surface area contributed by atoms with Crippen molar-refractivity contribution in [3.05, 3.63) is 48.0 Å². The summed E-state index contributed by atoms with van der Waals surface area (Å²) in [6, 6.07) is 11.9. The highest BCUT2D eigenvalue weighted by molar-refractivity contribution is 5.95. The van der Waals surface area contributed by atoms with Crippen molar-refractivity contribution in [2.45, 2.75) is 38.6 Å². The number of hydrogen-bond acceptors (Lipinski definition) is 6. The van der Waals surface area contributed by atoms with Gasteiger partial charge < -0.3 is 29.7 Å². The van der Waals surface area contributed by atoms with Crippen molar-refractivity contribution in [1.82, 2.24) is 10.2 Å². The molecule has 1 unspecified atom stereocenters. The Bertz CT molecular complexity index is 1040. The lowest BCUT2D eigenvalue weighted by Crippen LogP contribution is -2.49. The number of carbonyl (C=O) groups is 3. The maximum atomic E-state index is 13.1. The molecule has 9 heteroatoms. The van der Waals surface area contributed by atoms with E-state index in [0.29, 0.717) is 48.0 Å². The summed E-state index contributed by atoms with van der Waals surface area (Å²) < 4.78 is 16.3. The molecule has 1 atom stereocenters. The van der Waals surface area contributed by atoms with Crippen LogP contribution in [-0.4, -0.2) is 62.6 Å². The Labute approximate surface area is 205 Å². The molecule has 1 saturated heterocycles. The molecule has 2 N–H and O–H groups in total. The van der Waals surface area contributed by atoms with Crippen molar-refractivity contribution in [3.63, 3.8) is 0 Å². The molecule has 1 aliphatic rings. The van der Waals surface area contributed by atoms with Crippen LogP contribution in [0, 0.1) is 0 Å². The Morgan fingerprint density at radius 1 is 1.00 bits per heavy atom. The van der Waals surface area contributed by atoms with E-state index in [-0.39, 0.29) is 30.4 Å². The van der Waals surface area contributed by atoms with E-state index in [2.05, 4.69) is 10.6 Å². The molecule has 0 aromatic heterocycles. The molecule has 9 nitrogen and oxygen atoms in total. The molecule has 0 spiro atoms. The number of methoxy groups -OCH3 is 2. The monoisotopic (exact) mass is 483 g/mol. The molecule has 0 saturated carbocycles. The Hall–Kier alpha value is -3.75. The Morgan fingerprint density at radius 3 is 2.51 bits per heavy atom. The average molecular weight is 484 g/mol. The van der Waals surface area contributed by atoms with Crippen molar-refractivity contribution in [2.75, 3.05) is 39.2 Å². The fourth-order valence-corrected chi connectivity index (χ4v) is 3.99. The molecule has 0 aliphatic carbocycles. The zero-order chi connectivity index (χ0) is 25.2. The molecule has 188 valence electrons. The molecule has 0 radical (unpaired) electrons. The van der Waals surface area contributed by atoms with Gasteiger partial charge >= 0.3 is 0 Å². The van der Waals surface area contributed by atoms with Crippen molar-refractivity contribution in [1.29, 1.82) is 0 Å². The third-order valence-corrected chi connectivity index (χ3v) is 5.70. The third kappa shape index (κ3) is 7.11. The first kappa shape index (κ1) is 25.9. The summed E-state index contributed by atoms with van der Waals surface area (Å²) in [4.78, 5) is 39.2. The van der Waals surface area contributed by atoms with Crippen molar-refractivity contribution >= 4 is 23.4 Å². The number of hydrogen-bond donors (Lipinski definition) is 2. The number of anilines is 1.